The fourth-order valence-corrected chi connectivity index (χ4v) is 2.11. The predicted octanol–water partition coefficient (Wildman–Crippen LogP) is 4.39. The van der Waals surface area contributed by atoms with Gasteiger partial charge in [-0.1, -0.05) is 46.8 Å². The Morgan fingerprint density at radius 1 is 1.19 bits per heavy atom. The zero-order chi connectivity index (χ0) is 16.5. The molecule has 2 atom stereocenters. The molecule has 0 radical (unpaired) electrons. The van der Waals surface area contributed by atoms with Crippen LogP contribution in [0.3, 0.4) is 0 Å². The van der Waals surface area contributed by atoms with Gasteiger partial charge in [0.2, 0.25) is 0 Å². The van der Waals surface area contributed by atoms with Crippen molar-refractivity contribution in [3.63, 3.8) is 0 Å². The Labute approximate surface area is 130 Å². The molecular formula is C18H32O3. The van der Waals surface area contributed by atoms with Crippen LogP contribution in [-0.2, 0) is 14.3 Å². The van der Waals surface area contributed by atoms with Gasteiger partial charge in [0.1, 0.15) is 6.61 Å². The van der Waals surface area contributed by atoms with Crippen LogP contribution in [0, 0.1) is 17.3 Å². The number of carbonyl (C=O) groups excluding carboxylic acids is 1. The van der Waals surface area contributed by atoms with Crippen molar-refractivity contribution in [2.75, 3.05) is 13.2 Å². The van der Waals surface area contributed by atoms with Crippen LogP contribution < -0.4 is 0 Å². The predicted molar refractivity (Wildman–Crippen MR) is 88.1 cm³/mol. The molecule has 0 amide bonds. The van der Waals surface area contributed by atoms with E-state index in [0.29, 0.717) is 12.5 Å². The highest BCUT2D eigenvalue weighted by Crippen LogP contribution is 2.32. The molecule has 0 bridgehead atoms. The fraction of sp³-hybridized carbons (Fsp3) is 0.722. The van der Waals surface area contributed by atoms with Crippen molar-refractivity contribution >= 4 is 5.97 Å². The summed E-state index contributed by atoms with van der Waals surface area (Å²) in [6, 6.07) is 0. The second-order valence-electron chi connectivity index (χ2n) is 6.88. The highest BCUT2D eigenvalue weighted by Gasteiger charge is 2.32. The molecule has 0 aliphatic rings. The zero-order valence-electron chi connectivity index (χ0n) is 14.4. The largest absolute Gasteiger partial charge is 0.463 e. The van der Waals surface area contributed by atoms with Crippen LogP contribution in [0.25, 0.3) is 0 Å². The van der Waals surface area contributed by atoms with Crippen molar-refractivity contribution < 1.29 is 14.3 Å². The van der Waals surface area contributed by atoms with E-state index in [4.69, 9.17) is 9.47 Å². The Kier molecular flexibility index (Phi) is 9.27. The summed E-state index contributed by atoms with van der Waals surface area (Å²) in [6.07, 6.45) is 5.02. The first kappa shape index (κ1) is 19.9. The molecule has 0 aromatic rings. The lowest BCUT2D eigenvalue weighted by Crippen LogP contribution is -2.32. The van der Waals surface area contributed by atoms with Crippen molar-refractivity contribution in [3.05, 3.63) is 25.3 Å². The lowest BCUT2D eigenvalue weighted by atomic mass is 9.76. The number of ether oxygens (including phenoxy) is 2. The van der Waals surface area contributed by atoms with Gasteiger partial charge in [-0.3, -0.25) is 4.79 Å². The van der Waals surface area contributed by atoms with E-state index in [-0.39, 0.29) is 30.0 Å². The number of rotatable bonds is 10. The van der Waals surface area contributed by atoms with Gasteiger partial charge in [-0.15, -0.1) is 13.2 Å². The molecule has 0 saturated carbocycles. The van der Waals surface area contributed by atoms with Crippen LogP contribution in [0.15, 0.2) is 25.3 Å². The molecule has 0 aromatic heterocycles. The minimum Gasteiger partial charge on any atom is -0.463 e. The zero-order valence-corrected chi connectivity index (χ0v) is 14.4. The average Bonchev–Trinajstić information content (AvgIpc) is 2.37. The van der Waals surface area contributed by atoms with Crippen LogP contribution in [0.2, 0.25) is 0 Å². The molecule has 0 heterocycles. The van der Waals surface area contributed by atoms with E-state index in [1.54, 1.807) is 12.2 Å². The Balaban J connectivity index is 4.26. The highest BCUT2D eigenvalue weighted by atomic mass is 16.6. The van der Waals surface area contributed by atoms with Crippen LogP contribution in [0.4, 0.5) is 0 Å². The molecule has 21 heavy (non-hydrogen) atoms. The molecule has 0 aromatic carbocycles. The molecule has 3 heteroatoms. The van der Waals surface area contributed by atoms with Crippen molar-refractivity contribution in [1.29, 1.82) is 0 Å². The topological polar surface area (TPSA) is 35.5 Å². The molecule has 3 nitrogen and oxygen atoms in total. The molecule has 0 aliphatic carbocycles. The van der Waals surface area contributed by atoms with Crippen LogP contribution in [0.5, 0.6) is 0 Å². The van der Waals surface area contributed by atoms with Gasteiger partial charge in [0.05, 0.1) is 18.6 Å². The molecule has 0 saturated heterocycles. The van der Waals surface area contributed by atoms with Crippen molar-refractivity contribution in [1.82, 2.24) is 0 Å². The third-order valence-electron chi connectivity index (χ3n) is 3.36. The molecule has 122 valence electrons. The van der Waals surface area contributed by atoms with E-state index >= 15 is 0 Å². The van der Waals surface area contributed by atoms with Gasteiger partial charge >= 0.3 is 5.97 Å². The fourth-order valence-electron chi connectivity index (χ4n) is 2.11. The van der Waals surface area contributed by atoms with E-state index in [9.17, 15) is 4.79 Å². The molecule has 0 rings (SSSR count). The van der Waals surface area contributed by atoms with Gasteiger partial charge < -0.3 is 9.47 Å². The molecule has 0 spiro atoms. The summed E-state index contributed by atoms with van der Waals surface area (Å²) < 4.78 is 10.9. The summed E-state index contributed by atoms with van der Waals surface area (Å²) in [5.41, 5.74) is -0.0886. The molecular weight excluding hydrogens is 264 g/mol. The summed E-state index contributed by atoms with van der Waals surface area (Å²) in [6.45, 7) is 18.5. The minimum absolute atomic E-state index is 0.0599. The molecule has 0 fully saturated rings. The maximum absolute atomic E-state index is 12.3. The van der Waals surface area contributed by atoms with Gasteiger partial charge in [-0.25, -0.2) is 0 Å². The first-order chi connectivity index (χ1) is 9.72. The van der Waals surface area contributed by atoms with E-state index in [1.807, 2.05) is 0 Å². The Hall–Kier alpha value is -1.09. The smallest absolute Gasteiger partial charge is 0.309 e. The van der Waals surface area contributed by atoms with Gasteiger partial charge in [-0.05, 0) is 24.2 Å². The van der Waals surface area contributed by atoms with Crippen molar-refractivity contribution in [3.8, 4) is 0 Å². The number of hydrogen-bond donors (Lipinski definition) is 0. The third-order valence-corrected chi connectivity index (χ3v) is 3.36. The Morgan fingerprint density at radius 2 is 1.81 bits per heavy atom. The van der Waals surface area contributed by atoms with Crippen LogP contribution in [0.1, 0.15) is 47.5 Å². The van der Waals surface area contributed by atoms with Crippen LogP contribution >= 0.6 is 0 Å². The Bertz CT molecular complexity index is 326. The quantitative estimate of drug-likeness (QED) is 0.341. The van der Waals surface area contributed by atoms with Crippen molar-refractivity contribution in [2.45, 2.75) is 53.6 Å². The third kappa shape index (κ3) is 8.71. The second-order valence-corrected chi connectivity index (χ2v) is 6.88. The summed E-state index contributed by atoms with van der Waals surface area (Å²) in [7, 11) is 0. The maximum Gasteiger partial charge on any atom is 0.309 e. The number of hydrogen-bond acceptors (Lipinski definition) is 3. The number of carbonyl (C=O) groups is 1. The number of esters is 1. The lowest BCUT2D eigenvalue weighted by Gasteiger charge is -2.30. The standard InChI is InChI=1S/C18H32O3/c1-8-10-15(9-2)20-11-12-21-17(19)16(13-14(3)4)18(5,6)7/h8-9,14-16H,1-2,10-13H2,3-7H3. The van der Waals surface area contributed by atoms with E-state index < -0.39 is 0 Å². The summed E-state index contributed by atoms with van der Waals surface area (Å²) in [4.78, 5) is 12.3. The summed E-state index contributed by atoms with van der Waals surface area (Å²) >= 11 is 0. The molecule has 0 N–H and O–H groups in total. The maximum atomic E-state index is 12.3. The van der Waals surface area contributed by atoms with Crippen molar-refractivity contribution in [2.24, 2.45) is 17.3 Å². The van der Waals surface area contributed by atoms with E-state index in [1.165, 1.54) is 0 Å². The summed E-state index contributed by atoms with van der Waals surface area (Å²) in [5, 5.41) is 0. The Morgan fingerprint density at radius 3 is 2.24 bits per heavy atom. The minimum atomic E-state index is -0.126. The van der Waals surface area contributed by atoms with Gasteiger partial charge in [0.25, 0.3) is 0 Å². The molecule has 2 unspecified atom stereocenters. The average molecular weight is 296 g/mol. The van der Waals surface area contributed by atoms with Gasteiger partial charge in [0, 0.05) is 0 Å². The van der Waals surface area contributed by atoms with Crippen LogP contribution in [-0.4, -0.2) is 25.3 Å². The monoisotopic (exact) mass is 296 g/mol. The van der Waals surface area contributed by atoms with E-state index in [0.717, 1.165) is 12.8 Å². The first-order valence-electron chi connectivity index (χ1n) is 7.74. The molecule has 0 aliphatic heterocycles. The van der Waals surface area contributed by atoms with Gasteiger partial charge in [0.15, 0.2) is 0 Å². The summed E-state index contributed by atoms with van der Waals surface area (Å²) in [5.74, 6) is 0.260. The first-order valence-corrected chi connectivity index (χ1v) is 7.74. The van der Waals surface area contributed by atoms with Gasteiger partial charge in [-0.2, -0.15) is 0 Å². The highest BCUT2D eigenvalue weighted by molar-refractivity contribution is 5.73. The lowest BCUT2D eigenvalue weighted by molar-refractivity contribution is -0.155. The second kappa shape index (κ2) is 9.78. The normalized spacial score (nSPS) is 14.6. The SMILES string of the molecule is C=CCC(C=C)OCCOC(=O)C(CC(C)C)C(C)(C)C. The van der Waals surface area contributed by atoms with E-state index in [2.05, 4.69) is 47.8 Å².